The van der Waals surface area contributed by atoms with Gasteiger partial charge in [0.25, 0.3) is 0 Å². The first-order valence-corrected chi connectivity index (χ1v) is 13.6. The number of hydrogen-bond acceptors (Lipinski definition) is 6. The van der Waals surface area contributed by atoms with E-state index in [0.29, 0.717) is 12.4 Å². The molecule has 0 radical (unpaired) electrons. The normalized spacial score (nSPS) is 13.4. The Morgan fingerprint density at radius 3 is 2.49 bits per heavy atom. The molecule has 0 fully saturated rings. The molecular formula is C31H32N5NaO4. The van der Waals surface area contributed by atoms with Crippen molar-refractivity contribution in [1.29, 1.82) is 0 Å². The van der Waals surface area contributed by atoms with Gasteiger partial charge in [0, 0.05) is 24.0 Å². The first-order valence-electron chi connectivity index (χ1n) is 13.6. The maximum Gasteiger partial charge on any atom is 1.00 e. The Hall–Kier alpha value is -3.66. The van der Waals surface area contributed by atoms with E-state index in [0.717, 1.165) is 70.8 Å². The summed E-state index contributed by atoms with van der Waals surface area (Å²) >= 11 is 0. The minimum absolute atomic E-state index is 0. The van der Waals surface area contributed by atoms with Gasteiger partial charge < -0.3 is 6.16 Å². The van der Waals surface area contributed by atoms with E-state index >= 15 is 0 Å². The predicted molar refractivity (Wildman–Crippen MR) is 153 cm³/mol. The number of benzene rings is 3. The van der Waals surface area contributed by atoms with Crippen LogP contribution >= 0.6 is 0 Å². The van der Waals surface area contributed by atoms with Crippen molar-refractivity contribution in [1.82, 2.24) is 24.5 Å². The second kappa shape index (κ2) is 11.7. The smallest absolute Gasteiger partial charge is 1.00 e. The molecule has 1 aliphatic heterocycles. The molecule has 10 heteroatoms. The predicted octanol–water partition coefficient (Wildman–Crippen LogP) is 2.27. The zero-order valence-electron chi connectivity index (χ0n) is 24.8. The van der Waals surface area contributed by atoms with Crippen LogP contribution in [0.15, 0.2) is 80.8 Å². The van der Waals surface area contributed by atoms with E-state index in [-0.39, 0.29) is 42.3 Å². The zero-order chi connectivity index (χ0) is 27.9. The minimum Gasteiger partial charge on any atom is -1.00 e. The number of unbranched alkanes of at least 4 members (excludes halogenated alkanes) is 1. The maximum absolute atomic E-state index is 13.7. The van der Waals surface area contributed by atoms with Gasteiger partial charge in [0.05, 0.1) is 12.2 Å². The van der Waals surface area contributed by atoms with Crippen molar-refractivity contribution < 1.29 is 40.2 Å². The number of ether oxygens (including phenoxy) is 1. The van der Waals surface area contributed by atoms with E-state index in [1.807, 2.05) is 66.7 Å². The van der Waals surface area contributed by atoms with Gasteiger partial charge in [0.2, 0.25) is 0 Å². The van der Waals surface area contributed by atoms with Crippen LogP contribution in [0.3, 0.4) is 0 Å². The summed E-state index contributed by atoms with van der Waals surface area (Å²) in [4.78, 5) is 27.8. The third-order valence-corrected chi connectivity index (χ3v) is 7.21. The number of H-pyrrole nitrogens is 1. The molecule has 0 spiro atoms. The van der Waals surface area contributed by atoms with E-state index in [2.05, 4.69) is 30.9 Å². The molecule has 206 valence electrons. The van der Waals surface area contributed by atoms with Gasteiger partial charge in [-0.2, -0.15) is 4.68 Å². The van der Waals surface area contributed by atoms with Gasteiger partial charge in [0.15, 0.2) is 5.82 Å². The third kappa shape index (κ3) is 5.88. The molecule has 41 heavy (non-hydrogen) atoms. The molecule has 9 nitrogen and oxygen atoms in total. The number of fused-ring (bicyclic) bond motifs is 1. The average molecular weight is 562 g/mol. The zero-order valence-corrected chi connectivity index (χ0v) is 25.8. The molecule has 1 N–H and O–H groups in total. The number of rotatable bonds is 8. The Morgan fingerprint density at radius 1 is 1.02 bits per heavy atom. The Balaban J connectivity index is 0.00000202. The monoisotopic (exact) mass is 561 g/mol. The molecule has 5 aromatic rings. The van der Waals surface area contributed by atoms with Gasteiger partial charge in [-0.1, -0.05) is 67.0 Å². The summed E-state index contributed by atoms with van der Waals surface area (Å²) in [5, 5.41) is 8.61. The van der Waals surface area contributed by atoms with Crippen molar-refractivity contribution in [3.8, 4) is 34.0 Å². The summed E-state index contributed by atoms with van der Waals surface area (Å²) in [6.45, 7) is 6.68. The molecule has 0 saturated heterocycles. The second-order valence-electron chi connectivity index (χ2n) is 10.8. The summed E-state index contributed by atoms with van der Waals surface area (Å²) in [6.07, 6.45) is 3.47. The molecule has 2 aromatic heterocycles. The minimum atomic E-state index is -0.595. The van der Waals surface area contributed by atoms with Gasteiger partial charge in [-0.25, -0.2) is 9.59 Å². The molecule has 0 unspecified atom stereocenters. The van der Waals surface area contributed by atoms with Crippen LogP contribution in [-0.2, 0) is 19.4 Å². The molecule has 0 amide bonds. The summed E-state index contributed by atoms with van der Waals surface area (Å²) in [7, 11) is 0. The van der Waals surface area contributed by atoms with E-state index in [9.17, 15) is 9.59 Å². The quantitative estimate of drug-likeness (QED) is 0.291. The van der Waals surface area contributed by atoms with Crippen molar-refractivity contribution in [3.05, 3.63) is 105 Å². The molecule has 1 aliphatic rings. The largest absolute Gasteiger partial charge is 1.00 e. The summed E-state index contributed by atoms with van der Waals surface area (Å²) in [5.74, 6) is 1.42. The van der Waals surface area contributed by atoms with E-state index < -0.39 is 5.76 Å². The fourth-order valence-corrected chi connectivity index (χ4v) is 5.27. The van der Waals surface area contributed by atoms with Crippen LogP contribution in [0, 0.1) is 0 Å². The topological polar surface area (TPSA) is 108 Å². The van der Waals surface area contributed by atoms with Crippen LogP contribution in [0.25, 0.3) is 28.2 Å². The Bertz CT molecular complexity index is 1800. The Morgan fingerprint density at radius 2 is 1.78 bits per heavy atom. The maximum atomic E-state index is 13.7. The Kier molecular flexibility index (Phi) is 8.22. The van der Waals surface area contributed by atoms with Gasteiger partial charge >= 0.3 is 41.0 Å². The SMILES string of the molecule is CCCCc1nn(-c2ccc3c(c2)CC(C)(C)O3)c(=O)n1Cc1ccc(-c2ccccc2-c2noc(=O)[nH]2)cc1.[H-].[Na+]. The number of aryl methyl sites for hydroxylation is 1. The van der Waals surface area contributed by atoms with Gasteiger partial charge in [0.1, 0.15) is 17.2 Å². The van der Waals surface area contributed by atoms with Crippen molar-refractivity contribution in [2.24, 2.45) is 0 Å². The van der Waals surface area contributed by atoms with Gasteiger partial charge in [-0.3, -0.25) is 14.1 Å². The van der Waals surface area contributed by atoms with Crippen LogP contribution in [0.2, 0.25) is 0 Å². The molecule has 3 heterocycles. The van der Waals surface area contributed by atoms with Crippen LogP contribution in [0.1, 0.15) is 52.0 Å². The average Bonchev–Trinajstić information content (AvgIpc) is 3.61. The van der Waals surface area contributed by atoms with Crippen molar-refractivity contribution in [3.63, 3.8) is 0 Å². The van der Waals surface area contributed by atoms with Gasteiger partial charge in [-0.05, 0) is 55.2 Å². The molecule has 0 aliphatic carbocycles. The molecule has 0 bridgehead atoms. The second-order valence-corrected chi connectivity index (χ2v) is 10.8. The van der Waals surface area contributed by atoms with Crippen molar-refractivity contribution in [2.45, 2.75) is 58.6 Å². The summed E-state index contributed by atoms with van der Waals surface area (Å²) in [6, 6.07) is 21.6. The number of aromatic amines is 1. The molecule has 0 saturated carbocycles. The standard InChI is InChI=1S/C31H31N5O4.Na.H/c1-4-5-10-27-33-36(23-15-16-26-22(17-23)18-31(2,3)39-26)30(38)35(27)19-20-11-13-21(14-12-20)24-8-6-7-9-25(24)28-32-29(37)40-34-28;;/h6-9,11-17H,4-5,10,18-19H2,1-3H3,(H,32,34,37);;/q;+1;-1. The first-order chi connectivity index (χ1) is 19.3. The van der Waals surface area contributed by atoms with Crippen LogP contribution in [0.4, 0.5) is 0 Å². The third-order valence-electron chi connectivity index (χ3n) is 7.21. The molecule has 3 aromatic carbocycles. The number of hydrogen-bond donors (Lipinski definition) is 1. The molecule has 6 rings (SSSR count). The fraction of sp³-hybridized carbons (Fsp3) is 0.290. The number of nitrogens with one attached hydrogen (secondary N) is 1. The van der Waals surface area contributed by atoms with Gasteiger partial charge in [-0.15, -0.1) is 5.10 Å². The van der Waals surface area contributed by atoms with Crippen molar-refractivity contribution in [2.75, 3.05) is 0 Å². The summed E-state index contributed by atoms with van der Waals surface area (Å²) in [5.41, 5.74) is 5.05. The number of nitrogens with zero attached hydrogens (tertiary/aromatic N) is 4. The Labute approximate surface area is 260 Å². The van der Waals surface area contributed by atoms with Crippen LogP contribution < -0.4 is 45.7 Å². The van der Waals surface area contributed by atoms with Crippen molar-refractivity contribution >= 4 is 0 Å². The van der Waals surface area contributed by atoms with E-state index in [4.69, 9.17) is 14.4 Å². The van der Waals surface area contributed by atoms with E-state index in [1.54, 1.807) is 4.57 Å². The van der Waals surface area contributed by atoms with Crippen LogP contribution in [0.5, 0.6) is 5.75 Å². The molecule has 0 atom stereocenters. The number of aromatic nitrogens is 5. The fourth-order valence-electron chi connectivity index (χ4n) is 5.27. The molecular weight excluding hydrogens is 529 g/mol. The first kappa shape index (κ1) is 28.9. The van der Waals surface area contributed by atoms with E-state index in [1.165, 1.54) is 4.68 Å². The summed E-state index contributed by atoms with van der Waals surface area (Å²) < 4.78 is 14.0. The van der Waals surface area contributed by atoms with Crippen LogP contribution in [-0.4, -0.2) is 30.1 Å².